The van der Waals surface area contributed by atoms with Gasteiger partial charge in [-0.15, -0.1) is 0 Å². The fourth-order valence-electron chi connectivity index (χ4n) is 1.83. The molecule has 0 saturated carbocycles. The van der Waals surface area contributed by atoms with Gasteiger partial charge in [-0.25, -0.2) is 0 Å². The number of pyridine rings is 1. The van der Waals surface area contributed by atoms with Crippen molar-refractivity contribution in [3.05, 3.63) is 36.5 Å². The first-order chi connectivity index (χ1) is 7.72. The van der Waals surface area contributed by atoms with Gasteiger partial charge in [0.25, 0.3) is 0 Å². The molecule has 0 bridgehead atoms. The lowest BCUT2D eigenvalue weighted by atomic mass is 10.2. The molecule has 0 fully saturated rings. The van der Waals surface area contributed by atoms with Crippen LogP contribution in [0.1, 0.15) is 0 Å². The molecule has 0 unspecified atom stereocenters. The van der Waals surface area contributed by atoms with Crippen molar-refractivity contribution < 1.29 is 9.67 Å². The van der Waals surface area contributed by atoms with Crippen LogP contribution in [0.3, 0.4) is 0 Å². The lowest BCUT2D eigenvalue weighted by molar-refractivity contribution is -0.672. The number of benzene rings is 1. The van der Waals surface area contributed by atoms with Crippen LogP contribution in [0, 0.1) is 0 Å². The third-order valence-corrected chi connectivity index (χ3v) is 2.72. The quantitative estimate of drug-likeness (QED) is 0.782. The van der Waals surface area contributed by atoms with Gasteiger partial charge in [0.05, 0.1) is 0 Å². The van der Waals surface area contributed by atoms with Gasteiger partial charge in [0, 0.05) is 37.3 Å². The van der Waals surface area contributed by atoms with Crippen LogP contribution in [-0.4, -0.2) is 25.8 Å². The Labute approximate surface area is 95.6 Å². The second kappa shape index (κ2) is 4.49. The van der Waals surface area contributed by atoms with Crippen molar-refractivity contribution in [1.82, 2.24) is 0 Å². The Morgan fingerprint density at radius 3 is 2.75 bits per heavy atom. The van der Waals surface area contributed by atoms with E-state index in [9.17, 15) is 0 Å². The Hall–Kier alpha value is -1.61. The van der Waals surface area contributed by atoms with E-state index in [-0.39, 0.29) is 6.61 Å². The van der Waals surface area contributed by atoms with Crippen molar-refractivity contribution in [2.24, 2.45) is 0 Å². The maximum Gasteiger partial charge on any atom is 0.214 e. The Balaban J connectivity index is 2.59. The molecule has 1 aromatic heterocycles. The Bertz CT molecular complexity index is 494. The average Bonchev–Trinajstić information content (AvgIpc) is 2.29. The first kappa shape index (κ1) is 10.9. The maximum atomic E-state index is 9.03. The molecule has 3 nitrogen and oxygen atoms in total. The third-order valence-electron chi connectivity index (χ3n) is 2.72. The SMILES string of the molecule is CN(C)c1ccc2ccc[n+](CCO)c2c1. The van der Waals surface area contributed by atoms with Crippen molar-refractivity contribution in [3.63, 3.8) is 0 Å². The van der Waals surface area contributed by atoms with Crippen molar-refractivity contribution in [2.75, 3.05) is 25.6 Å². The molecule has 0 atom stereocenters. The minimum atomic E-state index is 0.163. The van der Waals surface area contributed by atoms with Gasteiger partial charge in [0.15, 0.2) is 12.7 Å². The van der Waals surface area contributed by atoms with Crippen LogP contribution in [0.15, 0.2) is 36.5 Å². The lowest BCUT2D eigenvalue weighted by Crippen LogP contribution is -2.35. The van der Waals surface area contributed by atoms with Gasteiger partial charge in [0.2, 0.25) is 5.52 Å². The predicted molar refractivity (Wildman–Crippen MR) is 65.6 cm³/mol. The van der Waals surface area contributed by atoms with Crippen LogP contribution in [0.25, 0.3) is 10.9 Å². The minimum absolute atomic E-state index is 0.163. The lowest BCUT2D eigenvalue weighted by Gasteiger charge is -2.12. The van der Waals surface area contributed by atoms with Gasteiger partial charge < -0.3 is 10.0 Å². The molecule has 0 aliphatic heterocycles. The van der Waals surface area contributed by atoms with Crippen LogP contribution in [0.5, 0.6) is 0 Å². The summed E-state index contributed by atoms with van der Waals surface area (Å²) >= 11 is 0. The minimum Gasteiger partial charge on any atom is -0.390 e. The van der Waals surface area contributed by atoms with E-state index in [1.54, 1.807) is 0 Å². The zero-order valence-electron chi connectivity index (χ0n) is 9.72. The van der Waals surface area contributed by atoms with Crippen molar-refractivity contribution in [1.29, 1.82) is 0 Å². The molecule has 84 valence electrons. The molecular weight excluding hydrogens is 200 g/mol. The summed E-state index contributed by atoms with van der Waals surface area (Å²) in [6.07, 6.45) is 2.00. The summed E-state index contributed by atoms with van der Waals surface area (Å²) in [5, 5.41) is 10.2. The first-order valence-corrected chi connectivity index (χ1v) is 5.43. The van der Waals surface area contributed by atoms with E-state index in [4.69, 9.17) is 5.11 Å². The zero-order chi connectivity index (χ0) is 11.5. The summed E-state index contributed by atoms with van der Waals surface area (Å²) in [6.45, 7) is 0.796. The summed E-state index contributed by atoms with van der Waals surface area (Å²) in [5.74, 6) is 0. The van der Waals surface area contributed by atoms with Crippen molar-refractivity contribution in [3.8, 4) is 0 Å². The highest BCUT2D eigenvalue weighted by Crippen LogP contribution is 2.17. The van der Waals surface area contributed by atoms with E-state index >= 15 is 0 Å². The largest absolute Gasteiger partial charge is 0.390 e. The number of nitrogens with zero attached hydrogens (tertiary/aromatic N) is 2. The van der Waals surface area contributed by atoms with Crippen LogP contribution in [0.4, 0.5) is 5.69 Å². The standard InChI is InChI=1S/C13H17N2O/c1-14(2)12-6-5-11-4-3-7-15(8-9-16)13(11)10-12/h3-7,10,16H,8-9H2,1-2H3/q+1. The molecule has 0 aliphatic rings. The molecule has 0 saturated heterocycles. The highest BCUT2D eigenvalue weighted by Gasteiger charge is 2.08. The number of hydrogen-bond donors (Lipinski definition) is 1. The molecule has 0 spiro atoms. The normalized spacial score (nSPS) is 10.7. The van der Waals surface area contributed by atoms with Crippen molar-refractivity contribution in [2.45, 2.75) is 6.54 Å². The molecule has 2 aromatic rings. The van der Waals surface area contributed by atoms with Gasteiger partial charge in [0.1, 0.15) is 6.61 Å². The highest BCUT2D eigenvalue weighted by molar-refractivity contribution is 5.79. The van der Waals surface area contributed by atoms with Crippen LogP contribution in [-0.2, 0) is 6.54 Å². The number of fused-ring (bicyclic) bond motifs is 1. The Morgan fingerprint density at radius 2 is 2.06 bits per heavy atom. The van der Waals surface area contributed by atoms with E-state index in [1.165, 1.54) is 11.1 Å². The van der Waals surface area contributed by atoms with E-state index < -0.39 is 0 Å². The number of anilines is 1. The zero-order valence-corrected chi connectivity index (χ0v) is 9.72. The predicted octanol–water partition coefficient (Wildman–Crippen LogP) is 1.19. The average molecular weight is 217 g/mol. The molecule has 0 radical (unpaired) electrons. The summed E-state index contributed by atoms with van der Waals surface area (Å²) in [5.41, 5.74) is 2.33. The number of aliphatic hydroxyl groups is 1. The molecule has 0 aliphatic carbocycles. The molecule has 16 heavy (non-hydrogen) atoms. The van der Waals surface area contributed by atoms with E-state index in [1.807, 2.05) is 26.4 Å². The maximum absolute atomic E-state index is 9.03. The first-order valence-electron chi connectivity index (χ1n) is 5.43. The van der Waals surface area contributed by atoms with Gasteiger partial charge in [-0.2, -0.15) is 4.57 Å². The number of hydrogen-bond acceptors (Lipinski definition) is 2. The number of rotatable bonds is 3. The Kier molecular flexibility index (Phi) is 3.06. The molecule has 1 N–H and O–H groups in total. The van der Waals surface area contributed by atoms with Crippen LogP contribution in [0.2, 0.25) is 0 Å². The van der Waals surface area contributed by atoms with Crippen molar-refractivity contribution >= 4 is 16.6 Å². The molecule has 1 aromatic carbocycles. The van der Waals surface area contributed by atoms with E-state index in [0.717, 1.165) is 5.52 Å². The number of aliphatic hydroxyl groups excluding tert-OH is 1. The summed E-state index contributed by atoms with van der Waals surface area (Å²) in [4.78, 5) is 2.08. The summed E-state index contributed by atoms with van der Waals surface area (Å²) in [7, 11) is 4.06. The Morgan fingerprint density at radius 1 is 1.25 bits per heavy atom. The highest BCUT2D eigenvalue weighted by atomic mass is 16.3. The molecule has 0 amide bonds. The smallest absolute Gasteiger partial charge is 0.214 e. The summed E-state index contributed by atoms with van der Waals surface area (Å²) < 4.78 is 2.07. The molecule has 3 heteroatoms. The monoisotopic (exact) mass is 217 g/mol. The molecule has 2 rings (SSSR count). The van der Waals surface area contributed by atoms with Crippen LogP contribution >= 0.6 is 0 Å². The molecular formula is C13H17N2O+. The van der Waals surface area contributed by atoms with Gasteiger partial charge >= 0.3 is 0 Å². The fraction of sp³-hybridized carbons (Fsp3) is 0.308. The number of aromatic nitrogens is 1. The topological polar surface area (TPSA) is 27.4 Å². The fourth-order valence-corrected chi connectivity index (χ4v) is 1.83. The van der Waals surface area contributed by atoms with Gasteiger partial charge in [-0.3, -0.25) is 0 Å². The third kappa shape index (κ3) is 1.99. The van der Waals surface area contributed by atoms with Crippen LogP contribution < -0.4 is 9.47 Å². The second-order valence-corrected chi connectivity index (χ2v) is 4.06. The second-order valence-electron chi connectivity index (χ2n) is 4.06. The van der Waals surface area contributed by atoms with Gasteiger partial charge in [-0.05, 0) is 18.2 Å². The van der Waals surface area contributed by atoms with Gasteiger partial charge in [-0.1, -0.05) is 0 Å². The molecule has 1 heterocycles. The van der Waals surface area contributed by atoms with E-state index in [0.29, 0.717) is 6.54 Å². The summed E-state index contributed by atoms with van der Waals surface area (Å²) in [6, 6.07) is 10.4. The van der Waals surface area contributed by atoms with E-state index in [2.05, 4.69) is 33.7 Å².